The Balaban J connectivity index is 1.74. The third kappa shape index (κ3) is 5.06. The molecule has 2 aromatic carbocycles. The van der Waals surface area contributed by atoms with Gasteiger partial charge in [-0.1, -0.05) is 6.07 Å². The molecule has 0 saturated carbocycles. The molecule has 1 aliphatic rings. The molecule has 29 heavy (non-hydrogen) atoms. The zero-order valence-electron chi connectivity index (χ0n) is 16.4. The quantitative estimate of drug-likeness (QED) is 0.735. The maximum atomic E-state index is 12.8. The first kappa shape index (κ1) is 21.1. The molecule has 1 fully saturated rings. The van der Waals surface area contributed by atoms with Crippen molar-refractivity contribution in [2.24, 2.45) is 0 Å². The van der Waals surface area contributed by atoms with Gasteiger partial charge in [0.25, 0.3) is 0 Å². The zero-order chi connectivity index (χ0) is 20.9. The normalized spacial score (nSPS) is 15.0. The summed E-state index contributed by atoms with van der Waals surface area (Å²) < 4.78 is 42.7. The lowest BCUT2D eigenvalue weighted by Gasteiger charge is -2.26. The Labute approximate surface area is 170 Å². The molecule has 8 nitrogen and oxygen atoms in total. The molecule has 0 aromatic heterocycles. The van der Waals surface area contributed by atoms with Gasteiger partial charge in [0.05, 0.1) is 38.7 Å². The van der Waals surface area contributed by atoms with Crippen LogP contribution in [0.3, 0.4) is 0 Å². The second-order valence-electron chi connectivity index (χ2n) is 6.45. The van der Waals surface area contributed by atoms with Crippen LogP contribution in [0.4, 0.5) is 5.69 Å². The number of sulfonamides is 1. The molecule has 0 unspecified atom stereocenters. The van der Waals surface area contributed by atoms with E-state index in [-0.39, 0.29) is 17.2 Å². The van der Waals surface area contributed by atoms with E-state index < -0.39 is 10.0 Å². The summed E-state index contributed by atoms with van der Waals surface area (Å²) in [6, 6.07) is 11.5. The van der Waals surface area contributed by atoms with Crippen molar-refractivity contribution in [1.82, 2.24) is 4.31 Å². The highest BCUT2D eigenvalue weighted by molar-refractivity contribution is 7.89. The van der Waals surface area contributed by atoms with Crippen molar-refractivity contribution in [2.45, 2.75) is 11.3 Å². The van der Waals surface area contributed by atoms with E-state index in [1.807, 2.05) is 0 Å². The first-order valence-corrected chi connectivity index (χ1v) is 10.6. The SMILES string of the molecule is COc1ccc(OC)c(CC(=O)Nc2cccc(S(=O)(=O)N3CCOCC3)c2)c1. The standard InChI is InChI=1S/C20H24N2O6S/c1-26-17-6-7-19(27-2)15(12-17)13-20(23)21-16-4-3-5-18(14-16)29(24,25)22-8-10-28-11-9-22/h3-7,12,14H,8-11,13H2,1-2H3,(H,21,23). The van der Waals surface area contributed by atoms with Crippen LogP contribution in [-0.2, 0) is 26.0 Å². The number of morpholine rings is 1. The van der Waals surface area contributed by atoms with Gasteiger partial charge in [-0.25, -0.2) is 8.42 Å². The molecule has 0 atom stereocenters. The van der Waals surface area contributed by atoms with Crippen molar-refractivity contribution >= 4 is 21.6 Å². The van der Waals surface area contributed by atoms with Gasteiger partial charge in [-0.3, -0.25) is 4.79 Å². The fourth-order valence-electron chi connectivity index (χ4n) is 3.07. The summed E-state index contributed by atoms with van der Waals surface area (Å²) in [4.78, 5) is 12.7. The summed E-state index contributed by atoms with van der Waals surface area (Å²) in [5, 5.41) is 2.75. The van der Waals surface area contributed by atoms with Crippen molar-refractivity contribution in [1.29, 1.82) is 0 Å². The number of hydrogen-bond donors (Lipinski definition) is 1. The van der Waals surface area contributed by atoms with Crippen LogP contribution in [0, 0.1) is 0 Å². The Morgan fingerprint density at radius 3 is 2.55 bits per heavy atom. The lowest BCUT2D eigenvalue weighted by atomic mass is 10.1. The molecule has 0 bridgehead atoms. The van der Waals surface area contributed by atoms with Crippen LogP contribution in [0.2, 0.25) is 0 Å². The van der Waals surface area contributed by atoms with Gasteiger partial charge in [0.1, 0.15) is 11.5 Å². The van der Waals surface area contributed by atoms with Crippen LogP contribution < -0.4 is 14.8 Å². The summed E-state index contributed by atoms with van der Waals surface area (Å²) in [5.74, 6) is 0.897. The molecular formula is C20H24N2O6S. The minimum absolute atomic E-state index is 0.0564. The highest BCUT2D eigenvalue weighted by Gasteiger charge is 2.26. The van der Waals surface area contributed by atoms with Crippen LogP contribution in [0.25, 0.3) is 0 Å². The Hall–Kier alpha value is -2.62. The molecule has 1 amide bonds. The number of hydrogen-bond acceptors (Lipinski definition) is 6. The van der Waals surface area contributed by atoms with E-state index >= 15 is 0 Å². The zero-order valence-corrected chi connectivity index (χ0v) is 17.2. The molecule has 2 aromatic rings. The third-order valence-corrected chi connectivity index (χ3v) is 6.46. The predicted molar refractivity (Wildman–Crippen MR) is 108 cm³/mol. The van der Waals surface area contributed by atoms with Gasteiger partial charge in [0.2, 0.25) is 15.9 Å². The molecule has 156 valence electrons. The molecule has 1 aliphatic heterocycles. The number of carbonyl (C=O) groups excluding carboxylic acids is 1. The van der Waals surface area contributed by atoms with Crippen LogP contribution in [0.15, 0.2) is 47.4 Å². The summed E-state index contributed by atoms with van der Waals surface area (Å²) in [6.45, 7) is 1.37. The minimum atomic E-state index is -3.63. The molecule has 0 radical (unpaired) electrons. The Kier molecular flexibility index (Phi) is 6.73. The maximum Gasteiger partial charge on any atom is 0.243 e. The molecule has 1 heterocycles. The molecule has 9 heteroatoms. The molecule has 0 spiro atoms. The summed E-state index contributed by atoms with van der Waals surface area (Å²) >= 11 is 0. The van der Waals surface area contributed by atoms with Crippen molar-refractivity contribution in [3.05, 3.63) is 48.0 Å². The van der Waals surface area contributed by atoms with E-state index in [2.05, 4.69) is 5.32 Å². The van der Waals surface area contributed by atoms with Crippen molar-refractivity contribution < 1.29 is 27.4 Å². The number of carbonyl (C=O) groups is 1. The molecular weight excluding hydrogens is 396 g/mol. The molecule has 0 aliphatic carbocycles. The number of anilines is 1. The Morgan fingerprint density at radius 2 is 1.86 bits per heavy atom. The van der Waals surface area contributed by atoms with Crippen LogP contribution >= 0.6 is 0 Å². The topological polar surface area (TPSA) is 94.2 Å². The smallest absolute Gasteiger partial charge is 0.243 e. The van der Waals surface area contributed by atoms with Crippen LogP contribution in [0.1, 0.15) is 5.56 Å². The average Bonchev–Trinajstić information content (AvgIpc) is 2.74. The van der Waals surface area contributed by atoms with E-state index in [1.54, 1.807) is 37.4 Å². The van der Waals surface area contributed by atoms with Crippen molar-refractivity contribution in [2.75, 3.05) is 45.8 Å². The number of rotatable bonds is 7. The van der Waals surface area contributed by atoms with Crippen LogP contribution in [0.5, 0.6) is 11.5 Å². The van der Waals surface area contributed by atoms with Gasteiger partial charge in [-0.2, -0.15) is 4.31 Å². The number of benzene rings is 2. The highest BCUT2D eigenvalue weighted by atomic mass is 32.2. The van der Waals surface area contributed by atoms with E-state index in [0.29, 0.717) is 49.1 Å². The van der Waals surface area contributed by atoms with E-state index in [9.17, 15) is 13.2 Å². The number of nitrogens with one attached hydrogen (secondary N) is 1. The Bertz CT molecular complexity index is 971. The molecule has 3 rings (SSSR count). The van der Waals surface area contributed by atoms with Gasteiger partial charge in [-0.05, 0) is 36.4 Å². The van der Waals surface area contributed by atoms with Gasteiger partial charge in [0, 0.05) is 24.3 Å². The second-order valence-corrected chi connectivity index (χ2v) is 8.38. The van der Waals surface area contributed by atoms with Gasteiger partial charge in [0.15, 0.2) is 0 Å². The lowest BCUT2D eigenvalue weighted by Crippen LogP contribution is -2.40. The molecule has 1 N–H and O–H groups in total. The number of nitrogens with zero attached hydrogens (tertiary/aromatic N) is 1. The largest absolute Gasteiger partial charge is 0.497 e. The predicted octanol–water partition coefficient (Wildman–Crippen LogP) is 1.91. The van der Waals surface area contributed by atoms with Crippen molar-refractivity contribution in [3.8, 4) is 11.5 Å². The fourth-order valence-corrected chi connectivity index (χ4v) is 4.52. The lowest BCUT2D eigenvalue weighted by molar-refractivity contribution is -0.115. The highest BCUT2D eigenvalue weighted by Crippen LogP contribution is 2.25. The van der Waals surface area contributed by atoms with Gasteiger partial charge < -0.3 is 19.5 Å². The summed E-state index contributed by atoms with van der Waals surface area (Å²) in [5.41, 5.74) is 1.08. The van der Waals surface area contributed by atoms with Crippen LogP contribution in [-0.4, -0.2) is 59.2 Å². The van der Waals surface area contributed by atoms with Crippen molar-refractivity contribution in [3.63, 3.8) is 0 Å². The van der Waals surface area contributed by atoms with E-state index in [0.717, 1.165) is 0 Å². The molecule has 1 saturated heterocycles. The van der Waals surface area contributed by atoms with Gasteiger partial charge in [-0.15, -0.1) is 0 Å². The Morgan fingerprint density at radius 1 is 1.10 bits per heavy atom. The van der Waals surface area contributed by atoms with Gasteiger partial charge >= 0.3 is 0 Å². The van der Waals surface area contributed by atoms with E-state index in [1.165, 1.54) is 23.5 Å². The maximum absolute atomic E-state index is 12.8. The monoisotopic (exact) mass is 420 g/mol. The minimum Gasteiger partial charge on any atom is -0.497 e. The number of ether oxygens (including phenoxy) is 3. The second kappa shape index (κ2) is 9.25. The summed E-state index contributed by atoms with van der Waals surface area (Å²) in [6.07, 6.45) is 0.0564. The third-order valence-electron chi connectivity index (χ3n) is 4.56. The summed E-state index contributed by atoms with van der Waals surface area (Å²) in [7, 11) is -0.555. The first-order chi connectivity index (χ1) is 13.9. The number of amides is 1. The van der Waals surface area contributed by atoms with E-state index in [4.69, 9.17) is 14.2 Å². The average molecular weight is 420 g/mol. The fraction of sp³-hybridized carbons (Fsp3) is 0.350. The first-order valence-electron chi connectivity index (χ1n) is 9.13. The number of methoxy groups -OCH3 is 2.